The molecule has 3 rings (SSSR count). The third-order valence-corrected chi connectivity index (χ3v) is 4.31. The molecule has 0 N–H and O–H groups in total. The number of amides is 1. The molecule has 25 heavy (non-hydrogen) atoms. The van der Waals surface area contributed by atoms with Gasteiger partial charge in [0, 0.05) is 18.7 Å². The topological polar surface area (TPSA) is 69.5 Å². The Kier molecular flexibility index (Phi) is 5.53. The maximum atomic E-state index is 12.8. The predicted octanol–water partition coefficient (Wildman–Crippen LogP) is 2.55. The van der Waals surface area contributed by atoms with Crippen LogP contribution in [0.15, 0.2) is 30.6 Å². The number of nitrogens with zero attached hydrogens (tertiary/aromatic N) is 4. The quantitative estimate of drug-likeness (QED) is 0.805. The van der Waals surface area contributed by atoms with Crippen molar-refractivity contribution in [3.63, 3.8) is 0 Å². The molecule has 0 spiro atoms. The maximum Gasteiger partial charge on any atom is 0.253 e. The molecule has 0 bridgehead atoms. The van der Waals surface area contributed by atoms with Crippen LogP contribution < -0.4 is 9.47 Å². The normalized spacial score (nSPS) is 15.2. The highest BCUT2D eigenvalue weighted by molar-refractivity contribution is 5.95. The lowest BCUT2D eigenvalue weighted by atomic mass is 10.0. The lowest BCUT2D eigenvalue weighted by Crippen LogP contribution is -2.39. The number of hydrogen-bond acceptors (Lipinski definition) is 5. The van der Waals surface area contributed by atoms with Gasteiger partial charge in [-0.25, -0.2) is 0 Å². The molecule has 0 saturated carbocycles. The van der Waals surface area contributed by atoms with E-state index in [0.29, 0.717) is 43.4 Å². The van der Waals surface area contributed by atoms with Gasteiger partial charge in [0.05, 0.1) is 31.6 Å². The van der Waals surface area contributed by atoms with Crippen molar-refractivity contribution in [1.82, 2.24) is 19.9 Å². The molecule has 0 aliphatic carbocycles. The molecule has 1 aliphatic heterocycles. The van der Waals surface area contributed by atoms with Gasteiger partial charge < -0.3 is 14.4 Å². The number of likely N-dealkylation sites (tertiary alicyclic amines) is 1. The summed E-state index contributed by atoms with van der Waals surface area (Å²) in [5.41, 5.74) is 0.627. The van der Waals surface area contributed by atoms with Crippen molar-refractivity contribution in [3.05, 3.63) is 36.2 Å². The van der Waals surface area contributed by atoms with E-state index in [0.717, 1.165) is 12.8 Å². The van der Waals surface area contributed by atoms with E-state index in [9.17, 15) is 4.79 Å². The Morgan fingerprint density at radius 2 is 1.72 bits per heavy atom. The van der Waals surface area contributed by atoms with E-state index in [1.54, 1.807) is 29.3 Å². The molecule has 2 heterocycles. The molecule has 1 saturated heterocycles. The second-order valence-corrected chi connectivity index (χ2v) is 5.90. The molecule has 0 unspecified atom stereocenters. The molecular weight excluding hydrogens is 320 g/mol. The molecule has 1 fully saturated rings. The standard InChI is InChI=1S/C18H24N4O3/c1-3-24-16-6-5-14(13-17(16)25-4-2)18(23)21-11-7-15(8-12-21)22-19-9-10-20-22/h5-6,9-10,13,15H,3-4,7-8,11-12H2,1-2H3. The van der Waals surface area contributed by atoms with Crippen molar-refractivity contribution in [2.24, 2.45) is 0 Å². The van der Waals surface area contributed by atoms with Gasteiger partial charge in [0.25, 0.3) is 5.91 Å². The van der Waals surface area contributed by atoms with E-state index in [1.165, 1.54) is 0 Å². The van der Waals surface area contributed by atoms with Gasteiger partial charge in [0.15, 0.2) is 11.5 Å². The summed E-state index contributed by atoms with van der Waals surface area (Å²) in [5, 5.41) is 8.40. The number of hydrogen-bond donors (Lipinski definition) is 0. The second kappa shape index (κ2) is 8.00. The minimum Gasteiger partial charge on any atom is -0.490 e. The van der Waals surface area contributed by atoms with Crippen LogP contribution in [0.1, 0.15) is 43.1 Å². The number of carbonyl (C=O) groups excluding carboxylic acids is 1. The van der Waals surface area contributed by atoms with Gasteiger partial charge in [-0.2, -0.15) is 15.0 Å². The summed E-state index contributed by atoms with van der Waals surface area (Å²) in [6, 6.07) is 5.65. The van der Waals surface area contributed by atoms with Crippen LogP contribution in [0.3, 0.4) is 0 Å². The molecule has 1 aromatic carbocycles. The third kappa shape index (κ3) is 3.92. The fourth-order valence-electron chi connectivity index (χ4n) is 3.08. The highest BCUT2D eigenvalue weighted by Gasteiger charge is 2.26. The molecule has 0 atom stereocenters. The Labute approximate surface area is 147 Å². The first-order valence-electron chi connectivity index (χ1n) is 8.77. The first-order chi connectivity index (χ1) is 12.2. The number of piperidine rings is 1. The number of aromatic nitrogens is 3. The highest BCUT2D eigenvalue weighted by atomic mass is 16.5. The highest BCUT2D eigenvalue weighted by Crippen LogP contribution is 2.30. The van der Waals surface area contributed by atoms with Crippen molar-refractivity contribution in [2.75, 3.05) is 26.3 Å². The van der Waals surface area contributed by atoms with Gasteiger partial charge >= 0.3 is 0 Å². The summed E-state index contributed by atoms with van der Waals surface area (Å²) in [4.78, 5) is 16.4. The molecule has 1 aromatic heterocycles. The van der Waals surface area contributed by atoms with E-state index in [1.807, 2.05) is 24.8 Å². The summed E-state index contributed by atoms with van der Waals surface area (Å²) in [6.45, 7) is 6.32. The SMILES string of the molecule is CCOc1ccc(C(=O)N2CCC(n3nccn3)CC2)cc1OCC. The number of benzene rings is 1. The molecule has 7 nitrogen and oxygen atoms in total. The minimum atomic E-state index is 0.0240. The van der Waals surface area contributed by atoms with Crippen molar-refractivity contribution in [3.8, 4) is 11.5 Å². The summed E-state index contributed by atoms with van der Waals surface area (Å²) in [7, 11) is 0. The first kappa shape index (κ1) is 17.3. The van der Waals surface area contributed by atoms with E-state index in [4.69, 9.17) is 9.47 Å². The fraction of sp³-hybridized carbons (Fsp3) is 0.500. The van der Waals surface area contributed by atoms with Crippen LogP contribution in [0.4, 0.5) is 0 Å². The first-order valence-corrected chi connectivity index (χ1v) is 8.77. The summed E-state index contributed by atoms with van der Waals surface area (Å²) in [6.07, 6.45) is 5.09. The van der Waals surface area contributed by atoms with Gasteiger partial charge in [-0.3, -0.25) is 4.79 Å². The molecule has 134 valence electrons. The van der Waals surface area contributed by atoms with E-state index in [2.05, 4.69) is 10.2 Å². The molecule has 0 radical (unpaired) electrons. The van der Waals surface area contributed by atoms with Crippen LogP contribution in [0, 0.1) is 0 Å². The lowest BCUT2D eigenvalue weighted by molar-refractivity contribution is 0.0683. The molecule has 1 aliphatic rings. The monoisotopic (exact) mass is 344 g/mol. The second-order valence-electron chi connectivity index (χ2n) is 5.90. The molecule has 1 amide bonds. The lowest BCUT2D eigenvalue weighted by Gasteiger charge is -2.31. The number of rotatable bonds is 6. The van der Waals surface area contributed by atoms with Crippen molar-refractivity contribution in [2.45, 2.75) is 32.7 Å². The van der Waals surface area contributed by atoms with Gasteiger partial charge in [0.2, 0.25) is 0 Å². The predicted molar refractivity (Wildman–Crippen MR) is 93.0 cm³/mol. The zero-order chi connectivity index (χ0) is 17.6. The van der Waals surface area contributed by atoms with Crippen LogP contribution in [0.5, 0.6) is 11.5 Å². The zero-order valence-electron chi connectivity index (χ0n) is 14.7. The smallest absolute Gasteiger partial charge is 0.253 e. The fourth-order valence-corrected chi connectivity index (χ4v) is 3.08. The van der Waals surface area contributed by atoms with Crippen LogP contribution >= 0.6 is 0 Å². The van der Waals surface area contributed by atoms with Crippen molar-refractivity contribution in [1.29, 1.82) is 0 Å². The van der Waals surface area contributed by atoms with Gasteiger partial charge in [-0.05, 0) is 44.9 Å². The van der Waals surface area contributed by atoms with Gasteiger partial charge in [-0.1, -0.05) is 0 Å². The Bertz CT molecular complexity index is 694. The minimum absolute atomic E-state index is 0.0240. The Morgan fingerprint density at radius 1 is 1.08 bits per heavy atom. The average molecular weight is 344 g/mol. The van der Waals surface area contributed by atoms with Gasteiger partial charge in [0.1, 0.15) is 0 Å². The Morgan fingerprint density at radius 3 is 2.36 bits per heavy atom. The van der Waals surface area contributed by atoms with E-state index >= 15 is 0 Å². The number of carbonyl (C=O) groups is 1. The Hall–Kier alpha value is -2.57. The molecule has 7 heteroatoms. The third-order valence-electron chi connectivity index (χ3n) is 4.31. The van der Waals surface area contributed by atoms with Crippen LogP contribution in [0.2, 0.25) is 0 Å². The largest absolute Gasteiger partial charge is 0.490 e. The van der Waals surface area contributed by atoms with E-state index in [-0.39, 0.29) is 11.9 Å². The van der Waals surface area contributed by atoms with Crippen molar-refractivity contribution >= 4 is 5.91 Å². The molecular formula is C18H24N4O3. The summed E-state index contributed by atoms with van der Waals surface area (Å²) < 4.78 is 11.2. The van der Waals surface area contributed by atoms with Crippen LogP contribution in [0.25, 0.3) is 0 Å². The Balaban J connectivity index is 1.67. The molecule has 2 aromatic rings. The average Bonchev–Trinajstić information content (AvgIpc) is 3.18. The van der Waals surface area contributed by atoms with E-state index < -0.39 is 0 Å². The summed E-state index contributed by atoms with van der Waals surface area (Å²) in [5.74, 6) is 1.31. The summed E-state index contributed by atoms with van der Waals surface area (Å²) >= 11 is 0. The van der Waals surface area contributed by atoms with Gasteiger partial charge in [-0.15, -0.1) is 0 Å². The van der Waals surface area contributed by atoms with Crippen molar-refractivity contribution < 1.29 is 14.3 Å². The number of ether oxygens (including phenoxy) is 2. The van der Waals surface area contributed by atoms with Crippen LogP contribution in [-0.4, -0.2) is 52.1 Å². The van der Waals surface area contributed by atoms with Crippen LogP contribution in [-0.2, 0) is 0 Å². The maximum absolute atomic E-state index is 12.8. The zero-order valence-corrected chi connectivity index (χ0v) is 14.7.